The van der Waals surface area contributed by atoms with E-state index in [0.29, 0.717) is 29.5 Å². The number of ketones is 1. The lowest BCUT2D eigenvalue weighted by Crippen LogP contribution is -2.15. The number of furan rings is 1. The minimum absolute atomic E-state index is 0.0243. The zero-order valence-corrected chi connectivity index (χ0v) is 18.9. The van der Waals surface area contributed by atoms with Gasteiger partial charge in [0.1, 0.15) is 23.1 Å². The molecule has 0 saturated carbocycles. The van der Waals surface area contributed by atoms with Gasteiger partial charge in [-0.05, 0) is 55.7 Å². The van der Waals surface area contributed by atoms with Crippen molar-refractivity contribution in [1.82, 2.24) is 0 Å². The molecular formula is C24H28N2O8. The number of hydrogen-bond donors (Lipinski definition) is 3. The molecule has 4 N–H and O–H groups in total. The third-order valence-electron chi connectivity index (χ3n) is 4.95. The van der Waals surface area contributed by atoms with Crippen molar-refractivity contribution in [2.75, 3.05) is 6.54 Å². The zero-order valence-electron chi connectivity index (χ0n) is 18.9. The molecule has 1 aromatic heterocycles. The summed E-state index contributed by atoms with van der Waals surface area (Å²) in [5, 5.41) is 17.7. The van der Waals surface area contributed by atoms with Crippen LogP contribution < -0.4 is 10.5 Å². The highest BCUT2D eigenvalue weighted by atomic mass is 16.5. The van der Waals surface area contributed by atoms with Crippen LogP contribution in [0, 0.1) is 5.92 Å². The standard InChI is InChI=1S/C24H28N2O8/c1-2-26-23(25)16-4-7-19(8-5-16)34-24(32)20-11-10-18(33-20)9-6-17(27)13-15(14-22(30)31)3-12-21(28)29/h4-5,7-8,10-11,15H,2-3,6,9,12-14H2,1H3,(H2,25,26)(H,28,29)(H,30,31). The highest BCUT2D eigenvalue weighted by Crippen LogP contribution is 2.20. The van der Waals surface area contributed by atoms with E-state index in [2.05, 4.69) is 4.99 Å². The Bertz CT molecular complexity index is 1040. The Balaban J connectivity index is 1.87. The second-order valence-electron chi connectivity index (χ2n) is 7.68. The zero-order chi connectivity index (χ0) is 25.1. The maximum Gasteiger partial charge on any atom is 0.379 e. The predicted molar refractivity (Wildman–Crippen MR) is 122 cm³/mol. The second-order valence-corrected chi connectivity index (χ2v) is 7.68. The number of hydrogen-bond acceptors (Lipinski definition) is 7. The first kappa shape index (κ1) is 26.3. The van der Waals surface area contributed by atoms with E-state index in [0.717, 1.165) is 0 Å². The Morgan fingerprint density at radius 2 is 1.71 bits per heavy atom. The number of carboxylic acid groups (broad SMARTS) is 2. The number of esters is 1. The van der Waals surface area contributed by atoms with Crippen LogP contribution in [-0.2, 0) is 20.8 Å². The van der Waals surface area contributed by atoms with Gasteiger partial charge in [-0.2, -0.15) is 0 Å². The number of aliphatic imine (C=N–C) groups is 1. The molecule has 1 unspecified atom stereocenters. The number of Topliss-reactive ketones (excluding diaryl/α,β-unsaturated/α-hetero) is 1. The third kappa shape index (κ3) is 8.89. The molecular weight excluding hydrogens is 444 g/mol. The average Bonchev–Trinajstić information content (AvgIpc) is 3.26. The summed E-state index contributed by atoms with van der Waals surface area (Å²) in [6.45, 7) is 2.43. The molecule has 1 atom stereocenters. The van der Waals surface area contributed by atoms with Crippen LogP contribution in [0.2, 0.25) is 0 Å². The predicted octanol–water partition coefficient (Wildman–Crippen LogP) is 3.07. The van der Waals surface area contributed by atoms with Crippen LogP contribution in [0.15, 0.2) is 45.8 Å². The number of nitrogens with two attached hydrogens (primary N) is 1. The lowest BCUT2D eigenvalue weighted by Gasteiger charge is -2.12. The van der Waals surface area contributed by atoms with E-state index in [4.69, 9.17) is 25.1 Å². The molecule has 0 aliphatic rings. The number of carbonyl (C=O) groups is 4. The van der Waals surface area contributed by atoms with Crippen molar-refractivity contribution in [2.45, 2.75) is 45.4 Å². The molecule has 1 aromatic carbocycles. The summed E-state index contributed by atoms with van der Waals surface area (Å²) >= 11 is 0. The van der Waals surface area contributed by atoms with Crippen LogP contribution in [0.1, 0.15) is 60.9 Å². The highest BCUT2D eigenvalue weighted by Gasteiger charge is 2.20. The molecule has 2 aromatic rings. The van der Waals surface area contributed by atoms with Crippen molar-refractivity contribution in [1.29, 1.82) is 0 Å². The van der Waals surface area contributed by atoms with E-state index in [1.54, 1.807) is 30.3 Å². The van der Waals surface area contributed by atoms with Gasteiger partial charge in [0.2, 0.25) is 5.76 Å². The Morgan fingerprint density at radius 1 is 1.00 bits per heavy atom. The number of aliphatic carboxylic acids is 2. The van der Waals surface area contributed by atoms with Crippen LogP contribution >= 0.6 is 0 Å². The van der Waals surface area contributed by atoms with Crippen molar-refractivity contribution in [3.63, 3.8) is 0 Å². The molecule has 1 heterocycles. The van der Waals surface area contributed by atoms with Crippen LogP contribution in [0.5, 0.6) is 5.75 Å². The number of carbonyl (C=O) groups excluding carboxylic acids is 2. The molecule has 10 nitrogen and oxygen atoms in total. The largest absolute Gasteiger partial charge is 0.481 e. The van der Waals surface area contributed by atoms with Crippen molar-refractivity contribution < 1.29 is 38.5 Å². The Hall–Kier alpha value is -3.95. The first-order valence-corrected chi connectivity index (χ1v) is 10.8. The van der Waals surface area contributed by atoms with Gasteiger partial charge in [-0.3, -0.25) is 19.4 Å². The highest BCUT2D eigenvalue weighted by molar-refractivity contribution is 5.97. The number of nitrogens with zero attached hydrogens (tertiary/aromatic N) is 1. The molecule has 0 fully saturated rings. The van der Waals surface area contributed by atoms with Gasteiger partial charge in [0.15, 0.2) is 0 Å². The SMILES string of the molecule is CCN=C(N)c1ccc(OC(=O)c2ccc(CCC(=O)CC(CCC(=O)O)CC(=O)O)o2)cc1. The fraction of sp³-hybridized carbons (Fsp3) is 0.375. The summed E-state index contributed by atoms with van der Waals surface area (Å²) < 4.78 is 10.8. The number of amidine groups is 1. The van der Waals surface area contributed by atoms with Gasteiger partial charge in [-0.1, -0.05) is 0 Å². The quantitative estimate of drug-likeness (QED) is 0.162. The molecule has 34 heavy (non-hydrogen) atoms. The van der Waals surface area contributed by atoms with Crippen molar-refractivity contribution >= 4 is 29.5 Å². The van der Waals surface area contributed by atoms with Crippen LogP contribution in [-0.4, -0.2) is 46.3 Å². The molecule has 0 aliphatic heterocycles. The second kappa shape index (κ2) is 12.9. The molecule has 2 rings (SSSR count). The number of rotatable bonds is 14. The van der Waals surface area contributed by atoms with Gasteiger partial charge < -0.3 is 25.1 Å². The summed E-state index contributed by atoms with van der Waals surface area (Å²) in [5.41, 5.74) is 6.54. The van der Waals surface area contributed by atoms with Gasteiger partial charge in [0.05, 0.1) is 0 Å². The van der Waals surface area contributed by atoms with Crippen LogP contribution in [0.25, 0.3) is 0 Å². The number of aryl methyl sites for hydroxylation is 1. The van der Waals surface area contributed by atoms with E-state index in [9.17, 15) is 19.2 Å². The molecule has 0 saturated heterocycles. The molecule has 0 spiro atoms. The number of carboxylic acids is 2. The van der Waals surface area contributed by atoms with Gasteiger partial charge in [0, 0.05) is 44.2 Å². The molecule has 10 heteroatoms. The first-order valence-electron chi connectivity index (χ1n) is 10.8. The minimum atomic E-state index is -1.08. The summed E-state index contributed by atoms with van der Waals surface area (Å²) in [7, 11) is 0. The van der Waals surface area contributed by atoms with Crippen molar-refractivity contribution in [3.05, 3.63) is 53.5 Å². The van der Waals surface area contributed by atoms with E-state index in [1.807, 2.05) is 6.92 Å². The lowest BCUT2D eigenvalue weighted by molar-refractivity contribution is -0.140. The van der Waals surface area contributed by atoms with E-state index >= 15 is 0 Å². The fourth-order valence-electron chi connectivity index (χ4n) is 3.27. The molecule has 0 bridgehead atoms. The number of benzene rings is 1. The monoisotopic (exact) mass is 472 g/mol. The lowest BCUT2D eigenvalue weighted by atomic mass is 9.92. The Labute approximate surface area is 196 Å². The summed E-state index contributed by atoms with van der Waals surface area (Å²) in [6, 6.07) is 9.56. The molecule has 182 valence electrons. The normalized spacial score (nSPS) is 12.2. The fourth-order valence-corrected chi connectivity index (χ4v) is 3.27. The summed E-state index contributed by atoms with van der Waals surface area (Å²) in [6.07, 6.45) is -0.0865. The molecule has 0 radical (unpaired) electrons. The van der Waals surface area contributed by atoms with Gasteiger partial charge in [-0.25, -0.2) is 4.79 Å². The maximum atomic E-state index is 12.3. The van der Waals surface area contributed by atoms with Crippen molar-refractivity contribution in [2.24, 2.45) is 16.6 Å². The molecule has 0 aliphatic carbocycles. The van der Waals surface area contributed by atoms with E-state index < -0.39 is 23.8 Å². The minimum Gasteiger partial charge on any atom is -0.481 e. The van der Waals surface area contributed by atoms with Crippen LogP contribution in [0.4, 0.5) is 0 Å². The van der Waals surface area contributed by atoms with E-state index in [1.165, 1.54) is 6.07 Å². The van der Waals surface area contributed by atoms with Gasteiger partial charge in [0.25, 0.3) is 0 Å². The maximum absolute atomic E-state index is 12.3. The Morgan fingerprint density at radius 3 is 2.32 bits per heavy atom. The number of ether oxygens (including phenoxy) is 1. The van der Waals surface area contributed by atoms with Crippen LogP contribution in [0.3, 0.4) is 0 Å². The summed E-state index contributed by atoms with van der Waals surface area (Å²) in [4.78, 5) is 50.4. The van der Waals surface area contributed by atoms with Crippen molar-refractivity contribution in [3.8, 4) is 5.75 Å². The van der Waals surface area contributed by atoms with Gasteiger partial charge >= 0.3 is 17.9 Å². The molecule has 0 amide bonds. The smallest absolute Gasteiger partial charge is 0.379 e. The topological polar surface area (TPSA) is 169 Å². The first-order chi connectivity index (χ1) is 16.2. The van der Waals surface area contributed by atoms with E-state index in [-0.39, 0.29) is 50.1 Å². The average molecular weight is 472 g/mol. The third-order valence-corrected chi connectivity index (χ3v) is 4.95. The van der Waals surface area contributed by atoms with Gasteiger partial charge in [-0.15, -0.1) is 0 Å². The Kier molecular flexibility index (Phi) is 10.0. The summed E-state index contributed by atoms with van der Waals surface area (Å²) in [5.74, 6) is -2.49.